The summed E-state index contributed by atoms with van der Waals surface area (Å²) in [6.07, 6.45) is 1.95. The fourth-order valence-corrected chi connectivity index (χ4v) is 8.84. The van der Waals surface area contributed by atoms with Gasteiger partial charge >= 0.3 is 19.1 Å². The van der Waals surface area contributed by atoms with Gasteiger partial charge in [-0.1, -0.05) is 48.5 Å². The van der Waals surface area contributed by atoms with Crippen molar-refractivity contribution in [1.29, 1.82) is 0 Å². The Morgan fingerprint density at radius 2 is 1.51 bits per heavy atom. The molecule has 3 saturated carbocycles. The van der Waals surface area contributed by atoms with E-state index < -0.39 is 109 Å². The van der Waals surface area contributed by atoms with Gasteiger partial charge in [-0.2, -0.15) is 0 Å². The van der Waals surface area contributed by atoms with Gasteiger partial charge in [0.25, 0.3) is 0 Å². The van der Waals surface area contributed by atoms with Gasteiger partial charge < -0.3 is 51.4 Å². The van der Waals surface area contributed by atoms with E-state index in [0.717, 1.165) is 12.8 Å². The molecule has 3 aliphatic carbocycles. The van der Waals surface area contributed by atoms with Crippen molar-refractivity contribution in [3.05, 3.63) is 0 Å². The van der Waals surface area contributed by atoms with Crippen LogP contribution in [0, 0.1) is 29.1 Å². The molecule has 2 heterocycles. The highest BCUT2D eigenvalue weighted by Gasteiger charge is 2.68. The van der Waals surface area contributed by atoms with Crippen molar-refractivity contribution in [3.8, 4) is 0 Å². The number of carboxylic acids is 2. The standard InChI is InChI=1S/C37H61BN6O11/c1-9-26(38-54-25-16-20-15-24(36(20,6)7)37(25,8)55-38)41-33(51)23-11-10-14-44(23)35(53)30(19(4)5)43-34(52)29(18(2)3)42-32(50)22(12-13-27(45)46)40-31(49)21(39)17-28(47)48/h18-26,29-30H,9-17,39H2,1-8H3,(H,40,49)(H,41,51)(H,42,50)(H,43,52)(H,45,46)(H,47,48)/t20-,21-,22-,23+,24-,25+,26-,29-,30-,37-/m0/s1. The van der Waals surface area contributed by atoms with Gasteiger partial charge in [-0.25, -0.2) is 0 Å². The number of amides is 5. The number of nitrogens with one attached hydrogen (secondary N) is 4. The number of nitrogens with zero attached hydrogens (tertiary/aromatic N) is 1. The van der Waals surface area contributed by atoms with Crippen LogP contribution in [0.1, 0.15) is 107 Å². The summed E-state index contributed by atoms with van der Waals surface area (Å²) in [7, 11) is -0.617. The lowest BCUT2D eigenvalue weighted by molar-refractivity contribution is -0.199. The number of carboxylic acid groups (broad SMARTS) is 2. The summed E-state index contributed by atoms with van der Waals surface area (Å²) < 4.78 is 13.1. The molecule has 5 fully saturated rings. The Morgan fingerprint density at radius 1 is 0.873 bits per heavy atom. The predicted molar refractivity (Wildman–Crippen MR) is 200 cm³/mol. The zero-order chi connectivity index (χ0) is 41.2. The first kappa shape index (κ1) is 44.0. The zero-order valence-electron chi connectivity index (χ0n) is 33.4. The number of nitrogens with two attached hydrogens (primary N) is 1. The molecule has 5 rings (SSSR count). The van der Waals surface area contributed by atoms with Gasteiger partial charge in [0.2, 0.25) is 29.5 Å². The molecule has 0 aromatic carbocycles. The summed E-state index contributed by atoms with van der Waals surface area (Å²) in [4.78, 5) is 91.5. The average molecular weight is 777 g/mol. The Hall–Kier alpha value is -3.77. The van der Waals surface area contributed by atoms with E-state index in [1.807, 2.05) is 6.92 Å². The van der Waals surface area contributed by atoms with Crippen molar-refractivity contribution >= 4 is 48.6 Å². The van der Waals surface area contributed by atoms with Crippen molar-refractivity contribution in [2.24, 2.45) is 34.8 Å². The van der Waals surface area contributed by atoms with Crippen molar-refractivity contribution in [2.75, 3.05) is 6.54 Å². The van der Waals surface area contributed by atoms with Gasteiger partial charge in [-0.05, 0) is 74.5 Å². The van der Waals surface area contributed by atoms with Crippen molar-refractivity contribution in [1.82, 2.24) is 26.2 Å². The number of carbonyl (C=O) groups excluding carboxylic acids is 5. The van der Waals surface area contributed by atoms with Crippen molar-refractivity contribution in [2.45, 2.75) is 155 Å². The fourth-order valence-electron chi connectivity index (χ4n) is 8.84. The first-order valence-electron chi connectivity index (χ1n) is 19.7. The Bertz CT molecular complexity index is 1490. The predicted octanol–water partition coefficient (Wildman–Crippen LogP) is 0.573. The third-order valence-corrected chi connectivity index (χ3v) is 12.4. The molecule has 0 spiro atoms. The number of hydrogen-bond donors (Lipinski definition) is 7. The molecule has 0 radical (unpaired) electrons. The van der Waals surface area contributed by atoms with Crippen molar-refractivity contribution in [3.63, 3.8) is 0 Å². The quantitative estimate of drug-likeness (QED) is 0.0944. The summed E-state index contributed by atoms with van der Waals surface area (Å²) in [5.74, 6) is -6.33. The highest BCUT2D eigenvalue weighted by atomic mass is 16.7. The molecule has 17 nitrogen and oxygen atoms in total. The summed E-state index contributed by atoms with van der Waals surface area (Å²) in [5.41, 5.74) is 5.37. The number of likely N-dealkylation sites (tertiary alicyclic amines) is 1. The first-order chi connectivity index (χ1) is 25.6. The first-order valence-corrected chi connectivity index (χ1v) is 19.7. The summed E-state index contributed by atoms with van der Waals surface area (Å²) in [5, 5.41) is 28.9. The van der Waals surface area contributed by atoms with E-state index in [2.05, 4.69) is 42.0 Å². The largest absolute Gasteiger partial charge is 0.481 e. The van der Waals surface area contributed by atoms with Gasteiger partial charge in [0.05, 0.1) is 30.1 Å². The lowest BCUT2D eigenvalue weighted by Gasteiger charge is -2.64. The van der Waals surface area contributed by atoms with E-state index in [1.54, 1.807) is 27.7 Å². The van der Waals surface area contributed by atoms with Crippen LogP contribution in [0.5, 0.6) is 0 Å². The third-order valence-electron chi connectivity index (χ3n) is 12.4. The number of carbonyl (C=O) groups is 7. The van der Waals surface area contributed by atoms with Gasteiger partial charge in [-0.15, -0.1) is 0 Å². The Labute approximate surface area is 323 Å². The van der Waals surface area contributed by atoms with E-state index in [-0.39, 0.29) is 23.8 Å². The maximum absolute atomic E-state index is 14.1. The van der Waals surface area contributed by atoms with Gasteiger partial charge in [0.1, 0.15) is 24.2 Å². The number of aliphatic carboxylic acids is 2. The fraction of sp³-hybridized carbons (Fsp3) is 0.811. The smallest absolute Gasteiger partial charge is 0.481 e. The Kier molecular flexibility index (Phi) is 14.0. The maximum atomic E-state index is 14.1. The van der Waals surface area contributed by atoms with Crippen LogP contribution in [-0.2, 0) is 42.9 Å². The maximum Gasteiger partial charge on any atom is 0.481 e. The monoisotopic (exact) mass is 776 g/mol. The SMILES string of the molecule is CC[C@H](NC(=O)[C@H]1CCCN1C(=O)[C@@H](NC(=O)[C@@H](NC(=O)[C@H](CCC(=O)O)NC(=O)[C@@H](N)CC(=O)O)C(C)C)C(C)C)B1O[C@@H]2C[C@@H]3C[C@@H](C3(C)C)[C@]2(C)O1. The van der Waals surface area contributed by atoms with Gasteiger partial charge in [0.15, 0.2) is 0 Å². The van der Waals surface area contributed by atoms with Crippen LogP contribution < -0.4 is 27.0 Å². The van der Waals surface area contributed by atoms with Crippen LogP contribution in [0.25, 0.3) is 0 Å². The van der Waals surface area contributed by atoms with E-state index in [1.165, 1.54) is 4.90 Å². The Balaban J connectivity index is 1.41. The van der Waals surface area contributed by atoms with Gasteiger partial charge in [-0.3, -0.25) is 33.6 Å². The molecule has 0 aromatic rings. The molecule has 2 aliphatic heterocycles. The summed E-state index contributed by atoms with van der Waals surface area (Å²) in [6.45, 7) is 15.8. The molecule has 2 saturated heterocycles. The third kappa shape index (κ3) is 9.62. The van der Waals surface area contributed by atoms with E-state index >= 15 is 0 Å². The van der Waals surface area contributed by atoms with E-state index in [9.17, 15) is 38.7 Å². The molecule has 0 unspecified atom stereocenters. The van der Waals surface area contributed by atoms with Crippen LogP contribution in [-0.4, -0.2) is 118 Å². The number of hydrogen-bond acceptors (Lipinski definition) is 10. The van der Waals surface area contributed by atoms with Gasteiger partial charge in [0, 0.05) is 13.0 Å². The lowest BCUT2D eigenvalue weighted by Crippen LogP contribution is -2.65. The topological polar surface area (TPSA) is 256 Å². The minimum absolute atomic E-state index is 0.0452. The minimum Gasteiger partial charge on any atom is -0.481 e. The molecule has 55 heavy (non-hydrogen) atoms. The van der Waals surface area contributed by atoms with Crippen LogP contribution >= 0.6 is 0 Å². The molecule has 0 aromatic heterocycles. The molecular weight excluding hydrogens is 715 g/mol. The normalized spacial score (nSPS) is 27.9. The summed E-state index contributed by atoms with van der Waals surface area (Å²) in [6, 6.07) is -6.00. The molecule has 5 amide bonds. The molecule has 308 valence electrons. The average Bonchev–Trinajstić information content (AvgIpc) is 3.73. The van der Waals surface area contributed by atoms with Crippen LogP contribution in [0.3, 0.4) is 0 Å². The highest BCUT2D eigenvalue weighted by molar-refractivity contribution is 6.47. The van der Waals surface area contributed by atoms with Crippen LogP contribution in [0.4, 0.5) is 0 Å². The minimum atomic E-state index is -1.50. The van der Waals surface area contributed by atoms with E-state index in [4.69, 9.17) is 20.1 Å². The molecule has 18 heteroatoms. The van der Waals surface area contributed by atoms with Crippen molar-refractivity contribution < 1.29 is 53.1 Å². The second-order valence-corrected chi connectivity index (χ2v) is 17.2. The second-order valence-electron chi connectivity index (χ2n) is 17.2. The molecule has 10 atom stereocenters. The second kappa shape index (κ2) is 17.6. The zero-order valence-corrected chi connectivity index (χ0v) is 33.4. The van der Waals surface area contributed by atoms with Crippen LogP contribution in [0.2, 0.25) is 0 Å². The highest BCUT2D eigenvalue weighted by Crippen LogP contribution is 2.65. The molecule has 5 aliphatic rings. The Morgan fingerprint density at radius 3 is 2.07 bits per heavy atom. The van der Waals surface area contributed by atoms with E-state index in [0.29, 0.717) is 37.6 Å². The molecular formula is C37H61BN6O11. The molecule has 8 N–H and O–H groups in total. The molecule has 2 bridgehead atoms. The summed E-state index contributed by atoms with van der Waals surface area (Å²) >= 11 is 0. The lowest BCUT2D eigenvalue weighted by atomic mass is 9.43. The number of rotatable bonds is 18. The van der Waals surface area contributed by atoms with Crippen LogP contribution in [0.15, 0.2) is 0 Å².